The number of fused-ring (bicyclic) bond motifs is 2. The van der Waals surface area contributed by atoms with Gasteiger partial charge in [0.15, 0.2) is 5.69 Å². The van der Waals surface area contributed by atoms with Gasteiger partial charge in [-0.3, -0.25) is 14.0 Å². The highest BCUT2D eigenvalue weighted by molar-refractivity contribution is 6.11. The second-order valence-corrected chi connectivity index (χ2v) is 8.05. The molecule has 6 nitrogen and oxygen atoms in total. The molecule has 4 heterocycles. The molecular formula is C23H24N4O2. The lowest BCUT2D eigenvalue weighted by molar-refractivity contribution is 0.0684. The molecule has 0 unspecified atom stereocenters. The molecule has 5 rings (SSSR count). The third kappa shape index (κ3) is 2.99. The Bertz CT molecular complexity index is 1100. The first-order valence-corrected chi connectivity index (χ1v) is 10.3. The van der Waals surface area contributed by atoms with Gasteiger partial charge in [-0.1, -0.05) is 31.2 Å². The molecule has 3 aromatic rings. The number of hydrogen-bond acceptors (Lipinski definition) is 3. The van der Waals surface area contributed by atoms with Crippen LogP contribution in [0.2, 0.25) is 0 Å². The Balaban J connectivity index is 1.53. The summed E-state index contributed by atoms with van der Waals surface area (Å²) in [6.07, 6.45) is 4.67. The molecule has 2 aliphatic rings. The Labute approximate surface area is 169 Å². The molecule has 1 saturated heterocycles. The van der Waals surface area contributed by atoms with Crippen LogP contribution in [0.25, 0.3) is 5.52 Å². The highest BCUT2D eigenvalue weighted by Crippen LogP contribution is 2.30. The third-order valence-corrected chi connectivity index (χ3v) is 6.15. The van der Waals surface area contributed by atoms with Crippen molar-refractivity contribution in [1.82, 2.24) is 14.3 Å². The van der Waals surface area contributed by atoms with E-state index in [1.807, 2.05) is 47.5 Å². The van der Waals surface area contributed by atoms with Gasteiger partial charge in [0.25, 0.3) is 11.8 Å². The monoisotopic (exact) mass is 388 g/mol. The predicted octanol–water partition coefficient (Wildman–Crippen LogP) is 3.41. The van der Waals surface area contributed by atoms with Crippen molar-refractivity contribution in [3.63, 3.8) is 0 Å². The fourth-order valence-corrected chi connectivity index (χ4v) is 4.38. The summed E-state index contributed by atoms with van der Waals surface area (Å²) < 4.78 is 1.76. The van der Waals surface area contributed by atoms with Crippen molar-refractivity contribution in [2.24, 2.45) is 5.92 Å². The van der Waals surface area contributed by atoms with Crippen molar-refractivity contribution in [3.8, 4) is 0 Å². The number of amides is 2. The number of aromatic nitrogens is 2. The van der Waals surface area contributed by atoms with Crippen molar-refractivity contribution >= 4 is 23.0 Å². The Morgan fingerprint density at radius 3 is 2.55 bits per heavy atom. The average Bonchev–Trinajstić information content (AvgIpc) is 3.35. The summed E-state index contributed by atoms with van der Waals surface area (Å²) in [6.45, 7) is 4.34. The molecule has 1 fully saturated rings. The summed E-state index contributed by atoms with van der Waals surface area (Å²) in [6, 6.07) is 13.6. The average molecular weight is 388 g/mol. The van der Waals surface area contributed by atoms with Crippen LogP contribution in [0, 0.1) is 5.92 Å². The van der Waals surface area contributed by atoms with Gasteiger partial charge in [0, 0.05) is 31.5 Å². The van der Waals surface area contributed by atoms with Crippen molar-refractivity contribution in [3.05, 3.63) is 65.7 Å². The van der Waals surface area contributed by atoms with Crippen LogP contribution in [0.3, 0.4) is 0 Å². The normalized spacial score (nSPS) is 17.0. The molecule has 0 atom stereocenters. The van der Waals surface area contributed by atoms with Gasteiger partial charge in [0.05, 0.1) is 5.52 Å². The number of para-hydroxylation sites is 1. The van der Waals surface area contributed by atoms with E-state index in [-0.39, 0.29) is 11.8 Å². The van der Waals surface area contributed by atoms with Gasteiger partial charge in [-0.25, -0.2) is 4.98 Å². The Morgan fingerprint density at radius 1 is 0.966 bits per heavy atom. The number of rotatable bonds is 2. The van der Waals surface area contributed by atoms with Crippen LogP contribution in [0.5, 0.6) is 0 Å². The largest absolute Gasteiger partial charge is 0.336 e. The molecule has 6 heteroatoms. The number of anilines is 1. The van der Waals surface area contributed by atoms with Crippen molar-refractivity contribution in [2.45, 2.75) is 26.2 Å². The zero-order chi connectivity index (χ0) is 20.0. The van der Waals surface area contributed by atoms with Gasteiger partial charge in [-0.15, -0.1) is 0 Å². The summed E-state index contributed by atoms with van der Waals surface area (Å²) in [5.41, 5.74) is 3.13. The predicted molar refractivity (Wildman–Crippen MR) is 111 cm³/mol. The second kappa shape index (κ2) is 7.03. The quantitative estimate of drug-likeness (QED) is 0.676. The minimum atomic E-state index is -0.148. The third-order valence-electron chi connectivity index (χ3n) is 6.15. The topological polar surface area (TPSA) is 57.9 Å². The maximum Gasteiger partial charge on any atom is 0.290 e. The van der Waals surface area contributed by atoms with E-state index >= 15 is 0 Å². The van der Waals surface area contributed by atoms with E-state index in [9.17, 15) is 9.59 Å². The first kappa shape index (κ1) is 17.9. The van der Waals surface area contributed by atoms with E-state index in [0.29, 0.717) is 29.5 Å². The van der Waals surface area contributed by atoms with Gasteiger partial charge in [-0.05, 0) is 48.9 Å². The van der Waals surface area contributed by atoms with Crippen LogP contribution in [-0.2, 0) is 6.42 Å². The number of nitrogens with zero attached hydrogens (tertiary/aromatic N) is 4. The van der Waals surface area contributed by atoms with E-state index in [4.69, 9.17) is 0 Å². The molecular weight excluding hydrogens is 364 g/mol. The molecule has 148 valence electrons. The lowest BCUT2D eigenvalue weighted by atomic mass is 9.99. The summed E-state index contributed by atoms with van der Waals surface area (Å²) in [7, 11) is 0. The summed E-state index contributed by atoms with van der Waals surface area (Å²) in [4.78, 5) is 34.8. The molecule has 0 spiro atoms. The van der Waals surface area contributed by atoms with E-state index in [2.05, 4.69) is 18.0 Å². The minimum absolute atomic E-state index is 0.0982. The van der Waals surface area contributed by atoms with Gasteiger partial charge in [0.1, 0.15) is 0 Å². The summed E-state index contributed by atoms with van der Waals surface area (Å²) >= 11 is 0. The summed E-state index contributed by atoms with van der Waals surface area (Å²) in [5.74, 6) is 0.721. The number of piperidine rings is 1. The van der Waals surface area contributed by atoms with Crippen molar-refractivity contribution < 1.29 is 9.59 Å². The van der Waals surface area contributed by atoms with Crippen LogP contribution in [0.1, 0.15) is 46.4 Å². The first-order valence-electron chi connectivity index (χ1n) is 10.3. The van der Waals surface area contributed by atoms with E-state index in [1.165, 1.54) is 5.56 Å². The Hall–Kier alpha value is -3.15. The van der Waals surface area contributed by atoms with Gasteiger partial charge in [-0.2, -0.15) is 0 Å². The lowest BCUT2D eigenvalue weighted by Gasteiger charge is -2.29. The smallest absolute Gasteiger partial charge is 0.290 e. The van der Waals surface area contributed by atoms with Crippen LogP contribution < -0.4 is 4.90 Å². The molecule has 0 N–H and O–H groups in total. The number of pyridine rings is 1. The van der Waals surface area contributed by atoms with Crippen LogP contribution in [0.15, 0.2) is 48.7 Å². The maximum absolute atomic E-state index is 13.4. The van der Waals surface area contributed by atoms with Crippen LogP contribution in [-0.4, -0.2) is 45.7 Å². The molecule has 2 aliphatic heterocycles. The number of carbonyl (C=O) groups is 2. The number of carbonyl (C=O) groups excluding carboxylic acids is 2. The summed E-state index contributed by atoms with van der Waals surface area (Å²) in [5, 5.41) is 0. The Morgan fingerprint density at radius 2 is 1.72 bits per heavy atom. The van der Waals surface area contributed by atoms with Crippen molar-refractivity contribution in [2.75, 3.05) is 24.5 Å². The molecule has 29 heavy (non-hydrogen) atoms. The maximum atomic E-state index is 13.4. The fraction of sp³-hybridized carbons (Fsp3) is 0.348. The molecule has 1 aromatic carbocycles. The van der Waals surface area contributed by atoms with Gasteiger partial charge >= 0.3 is 0 Å². The van der Waals surface area contributed by atoms with Crippen LogP contribution in [0.4, 0.5) is 5.69 Å². The highest BCUT2D eigenvalue weighted by Gasteiger charge is 2.31. The first-order chi connectivity index (χ1) is 14.1. The molecule has 0 saturated carbocycles. The zero-order valence-electron chi connectivity index (χ0n) is 16.5. The number of likely N-dealkylation sites (tertiary alicyclic amines) is 1. The fourth-order valence-electron chi connectivity index (χ4n) is 4.38. The number of benzene rings is 1. The molecule has 0 aliphatic carbocycles. The zero-order valence-corrected chi connectivity index (χ0v) is 16.5. The highest BCUT2D eigenvalue weighted by atomic mass is 16.2. The van der Waals surface area contributed by atoms with Crippen molar-refractivity contribution in [1.29, 1.82) is 0 Å². The minimum Gasteiger partial charge on any atom is -0.336 e. The second-order valence-electron chi connectivity index (χ2n) is 8.05. The van der Waals surface area contributed by atoms with Gasteiger partial charge < -0.3 is 9.80 Å². The number of hydrogen-bond donors (Lipinski definition) is 0. The molecule has 0 radical (unpaired) electrons. The lowest BCUT2D eigenvalue weighted by Crippen LogP contribution is -2.38. The van der Waals surface area contributed by atoms with Gasteiger partial charge in [0.2, 0.25) is 5.82 Å². The van der Waals surface area contributed by atoms with Crippen LogP contribution >= 0.6 is 0 Å². The molecule has 2 amide bonds. The van der Waals surface area contributed by atoms with E-state index in [0.717, 1.165) is 38.0 Å². The molecule has 2 aromatic heterocycles. The molecule has 0 bridgehead atoms. The SMILES string of the molecule is CC1CCN(C(=O)c2nc(C(=O)N3CCc4ccccc43)c3ccccn23)CC1. The Kier molecular flexibility index (Phi) is 4.34. The van der Waals surface area contributed by atoms with E-state index in [1.54, 1.807) is 9.30 Å². The standard InChI is InChI=1S/C23H24N4O2/c1-16-9-13-25(14-10-16)23(29)21-24-20(19-8-4-5-12-26(19)21)22(28)27-15-11-17-6-2-3-7-18(17)27/h2-8,12,16H,9-11,13-15H2,1H3. The number of imidazole rings is 1. The van der Waals surface area contributed by atoms with E-state index < -0.39 is 0 Å².